The van der Waals surface area contributed by atoms with Crippen LogP contribution in [0, 0.1) is 0 Å². The van der Waals surface area contributed by atoms with Crippen molar-refractivity contribution in [1.29, 1.82) is 0 Å². The summed E-state index contributed by atoms with van der Waals surface area (Å²) in [4.78, 5) is 6.99. The van der Waals surface area contributed by atoms with E-state index < -0.39 is 6.36 Å². The van der Waals surface area contributed by atoms with Crippen LogP contribution in [0.4, 0.5) is 35.9 Å². The van der Waals surface area contributed by atoms with Crippen molar-refractivity contribution < 1.29 is 23.0 Å². The number of thiazole rings is 1. The fourth-order valence-corrected chi connectivity index (χ4v) is 6.38. The number of nitrogens with one attached hydrogen (secondary N) is 2. The number of anilines is 4. The Morgan fingerprint density at radius 1 is 0.976 bits per heavy atom. The van der Waals surface area contributed by atoms with Crippen LogP contribution in [-0.4, -0.2) is 23.0 Å². The van der Waals surface area contributed by atoms with Gasteiger partial charge in [-0.05, 0) is 66.2 Å². The van der Waals surface area contributed by atoms with Crippen molar-refractivity contribution in [2.75, 3.05) is 22.1 Å². The van der Waals surface area contributed by atoms with E-state index in [-0.39, 0.29) is 16.9 Å². The van der Waals surface area contributed by atoms with Crippen LogP contribution in [0.1, 0.15) is 19.4 Å². The number of phenolic OH excluding ortho intramolecular Hbond substituents is 1. The Balaban J connectivity index is 1.30. The first-order valence-corrected chi connectivity index (χ1v) is 14.0. The predicted molar refractivity (Wildman–Crippen MR) is 163 cm³/mol. The molecule has 0 unspecified atom stereocenters. The van der Waals surface area contributed by atoms with Gasteiger partial charge >= 0.3 is 6.36 Å². The first kappa shape index (κ1) is 27.5. The third kappa shape index (κ3) is 5.33. The number of hydrogen-bond donors (Lipinski definition) is 3. The lowest BCUT2D eigenvalue weighted by molar-refractivity contribution is -0.274. The molecule has 1 aliphatic heterocycles. The SMILES string of the molecule is C=C(Nc1ccc(OC(F)(F)F)cc1)Nc1ccccc1N1CC(C)(C)c2c(-c3nc4ccccc4s3)ccc(O)c21. The van der Waals surface area contributed by atoms with Crippen molar-refractivity contribution >= 4 is 44.3 Å². The number of fused-ring (bicyclic) bond motifs is 2. The molecule has 0 saturated carbocycles. The maximum Gasteiger partial charge on any atom is 0.573 e. The summed E-state index contributed by atoms with van der Waals surface area (Å²) in [6.45, 7) is 8.97. The quantitative estimate of drug-likeness (QED) is 0.176. The van der Waals surface area contributed by atoms with Crippen LogP contribution in [-0.2, 0) is 5.41 Å². The van der Waals surface area contributed by atoms with Crippen molar-refractivity contribution in [2.45, 2.75) is 25.6 Å². The second-order valence-corrected chi connectivity index (χ2v) is 11.7. The van der Waals surface area contributed by atoms with Gasteiger partial charge in [-0.25, -0.2) is 4.98 Å². The lowest BCUT2D eigenvalue weighted by Gasteiger charge is -2.26. The highest BCUT2D eigenvalue weighted by Gasteiger charge is 2.41. The number of para-hydroxylation sites is 3. The number of aromatic nitrogens is 1. The predicted octanol–water partition coefficient (Wildman–Crippen LogP) is 8.99. The molecule has 1 aliphatic rings. The molecule has 0 saturated heterocycles. The van der Waals surface area contributed by atoms with Gasteiger partial charge in [0.15, 0.2) is 0 Å². The number of rotatable bonds is 7. The van der Waals surface area contributed by atoms with Crippen molar-refractivity contribution in [2.24, 2.45) is 0 Å². The van der Waals surface area contributed by atoms with E-state index in [1.165, 1.54) is 24.3 Å². The van der Waals surface area contributed by atoms with Gasteiger partial charge in [-0.3, -0.25) is 0 Å². The van der Waals surface area contributed by atoms with Gasteiger partial charge in [0.05, 0.1) is 27.3 Å². The van der Waals surface area contributed by atoms with E-state index in [0.29, 0.717) is 18.1 Å². The van der Waals surface area contributed by atoms with Gasteiger partial charge in [0.1, 0.15) is 22.3 Å². The summed E-state index contributed by atoms with van der Waals surface area (Å²) in [5, 5.41) is 18.4. The smallest absolute Gasteiger partial charge is 0.506 e. The molecule has 0 atom stereocenters. The molecule has 0 aliphatic carbocycles. The van der Waals surface area contributed by atoms with E-state index in [4.69, 9.17) is 4.98 Å². The van der Waals surface area contributed by atoms with Crippen molar-refractivity contribution in [1.82, 2.24) is 4.98 Å². The molecular weight excluding hydrogens is 561 g/mol. The highest BCUT2D eigenvalue weighted by atomic mass is 32.1. The van der Waals surface area contributed by atoms with Crippen LogP contribution in [0.5, 0.6) is 11.5 Å². The van der Waals surface area contributed by atoms with Crippen molar-refractivity contribution in [3.05, 3.63) is 103 Å². The van der Waals surface area contributed by atoms with E-state index >= 15 is 0 Å². The third-order valence-electron chi connectivity index (χ3n) is 7.04. The fourth-order valence-electron chi connectivity index (χ4n) is 5.39. The van der Waals surface area contributed by atoms with Gasteiger partial charge in [-0.15, -0.1) is 24.5 Å². The molecule has 4 aromatic carbocycles. The normalized spacial score (nSPS) is 14.1. The average Bonchev–Trinajstić information content (AvgIpc) is 3.49. The van der Waals surface area contributed by atoms with Gasteiger partial charge in [0, 0.05) is 23.2 Å². The minimum Gasteiger partial charge on any atom is -0.506 e. The van der Waals surface area contributed by atoms with Crippen LogP contribution in [0.2, 0.25) is 0 Å². The third-order valence-corrected chi connectivity index (χ3v) is 8.11. The Morgan fingerprint density at radius 2 is 1.69 bits per heavy atom. The van der Waals surface area contributed by atoms with Crippen LogP contribution < -0.4 is 20.3 Å². The summed E-state index contributed by atoms with van der Waals surface area (Å²) >= 11 is 1.63. The highest BCUT2D eigenvalue weighted by Crippen LogP contribution is 2.54. The highest BCUT2D eigenvalue weighted by molar-refractivity contribution is 7.21. The van der Waals surface area contributed by atoms with E-state index in [2.05, 4.69) is 46.8 Å². The summed E-state index contributed by atoms with van der Waals surface area (Å²) in [5.41, 5.74) is 5.47. The Kier molecular flexibility index (Phi) is 6.73. The summed E-state index contributed by atoms with van der Waals surface area (Å²) < 4.78 is 42.5. The molecule has 0 spiro atoms. The molecule has 0 fully saturated rings. The van der Waals surface area contributed by atoms with Gasteiger partial charge in [-0.1, -0.05) is 44.7 Å². The molecule has 0 amide bonds. The lowest BCUT2D eigenvalue weighted by atomic mass is 9.83. The van der Waals surface area contributed by atoms with E-state index in [1.54, 1.807) is 17.4 Å². The molecule has 0 radical (unpaired) electrons. The Morgan fingerprint density at radius 3 is 2.43 bits per heavy atom. The molecule has 5 aromatic rings. The molecule has 6 nitrogen and oxygen atoms in total. The maximum absolute atomic E-state index is 12.5. The zero-order chi connectivity index (χ0) is 29.6. The lowest BCUT2D eigenvalue weighted by Crippen LogP contribution is -2.26. The maximum atomic E-state index is 12.5. The number of alkyl halides is 3. The summed E-state index contributed by atoms with van der Waals surface area (Å²) in [7, 11) is 0. The van der Waals surface area contributed by atoms with Gasteiger partial charge in [0.2, 0.25) is 0 Å². The van der Waals surface area contributed by atoms with E-state index in [1.807, 2.05) is 48.5 Å². The van der Waals surface area contributed by atoms with Crippen LogP contribution in [0.25, 0.3) is 20.8 Å². The summed E-state index contributed by atoms with van der Waals surface area (Å²) in [5.74, 6) is 0.281. The van der Waals surface area contributed by atoms with E-state index in [0.717, 1.165) is 43.4 Å². The number of aromatic hydroxyl groups is 1. The molecule has 2 heterocycles. The Labute approximate surface area is 244 Å². The summed E-state index contributed by atoms with van der Waals surface area (Å²) in [6, 6.07) is 24.8. The van der Waals surface area contributed by atoms with Crippen LogP contribution >= 0.6 is 11.3 Å². The van der Waals surface area contributed by atoms with Crippen LogP contribution in [0.3, 0.4) is 0 Å². The van der Waals surface area contributed by atoms with Crippen LogP contribution in [0.15, 0.2) is 97.3 Å². The molecule has 6 rings (SSSR count). The van der Waals surface area contributed by atoms with Crippen molar-refractivity contribution in [3.8, 4) is 22.1 Å². The van der Waals surface area contributed by atoms with Crippen molar-refractivity contribution in [3.63, 3.8) is 0 Å². The van der Waals surface area contributed by atoms with E-state index in [9.17, 15) is 18.3 Å². The Hall–Kier alpha value is -4.70. The number of ether oxygens (including phenoxy) is 1. The van der Waals surface area contributed by atoms with Gasteiger partial charge < -0.3 is 25.4 Å². The second-order valence-electron chi connectivity index (χ2n) is 10.6. The largest absolute Gasteiger partial charge is 0.573 e. The first-order chi connectivity index (χ1) is 20.0. The number of benzene rings is 4. The molecule has 1 aromatic heterocycles. The second kappa shape index (κ2) is 10.3. The molecule has 10 heteroatoms. The zero-order valence-electron chi connectivity index (χ0n) is 22.8. The molecule has 3 N–H and O–H groups in total. The van der Waals surface area contributed by atoms with Gasteiger partial charge in [-0.2, -0.15) is 0 Å². The minimum absolute atomic E-state index is 0.174. The molecule has 214 valence electrons. The average molecular weight is 589 g/mol. The number of phenols is 1. The monoisotopic (exact) mass is 588 g/mol. The molecule has 0 bridgehead atoms. The number of halogens is 3. The van der Waals surface area contributed by atoms with Gasteiger partial charge in [0.25, 0.3) is 0 Å². The first-order valence-electron chi connectivity index (χ1n) is 13.2. The number of nitrogens with zero attached hydrogens (tertiary/aromatic N) is 2. The molecule has 42 heavy (non-hydrogen) atoms. The fraction of sp³-hybridized carbons (Fsp3) is 0.156. The minimum atomic E-state index is -4.75. The number of hydrogen-bond acceptors (Lipinski definition) is 7. The topological polar surface area (TPSA) is 69.7 Å². The zero-order valence-corrected chi connectivity index (χ0v) is 23.6. The Bertz CT molecular complexity index is 1770. The molecular formula is C32H27F3N4O2S. The summed E-state index contributed by atoms with van der Waals surface area (Å²) in [6.07, 6.45) is -4.75. The standard InChI is InChI=1S/C32H27F3N4O2S/c1-19(36-20-12-14-21(15-13-20)41-32(33,34)35)37-23-8-4-6-10-25(23)39-18-31(2,3)28-22(16-17-26(40)29(28)39)30-38-24-9-5-7-11-27(24)42-30/h4-17,36-37,40H,1,18H2,2-3H3.